The third-order valence-electron chi connectivity index (χ3n) is 4.92. The molecule has 1 aliphatic heterocycles. The number of hydrogen-bond donors (Lipinski definition) is 1. The maximum absolute atomic E-state index is 12.6. The van der Waals surface area contributed by atoms with E-state index < -0.39 is 4.92 Å². The van der Waals surface area contributed by atoms with Crippen LogP contribution >= 0.6 is 11.6 Å². The van der Waals surface area contributed by atoms with Crippen molar-refractivity contribution in [3.05, 3.63) is 68.7 Å². The molecule has 0 spiro atoms. The molecule has 146 valence electrons. The van der Waals surface area contributed by atoms with E-state index in [0.29, 0.717) is 42.2 Å². The van der Waals surface area contributed by atoms with Crippen LogP contribution in [0.1, 0.15) is 28.8 Å². The number of anilines is 1. The molecule has 1 fully saturated rings. The number of halogens is 1. The van der Waals surface area contributed by atoms with Crippen molar-refractivity contribution < 1.29 is 14.5 Å². The molecule has 0 bridgehead atoms. The highest BCUT2D eigenvalue weighted by atomic mass is 35.5. The Kier molecular flexibility index (Phi) is 5.94. The summed E-state index contributed by atoms with van der Waals surface area (Å²) in [6, 6.07) is 10.9. The van der Waals surface area contributed by atoms with Crippen molar-refractivity contribution in [3.8, 4) is 0 Å². The van der Waals surface area contributed by atoms with Gasteiger partial charge in [-0.2, -0.15) is 0 Å². The van der Waals surface area contributed by atoms with E-state index in [0.717, 1.165) is 5.56 Å². The van der Waals surface area contributed by atoms with Gasteiger partial charge in [0, 0.05) is 47.4 Å². The van der Waals surface area contributed by atoms with Crippen LogP contribution in [0.5, 0.6) is 0 Å². The smallest absolute Gasteiger partial charge is 0.269 e. The Labute approximate surface area is 167 Å². The van der Waals surface area contributed by atoms with E-state index in [1.165, 1.54) is 24.3 Å². The molecule has 8 heteroatoms. The highest BCUT2D eigenvalue weighted by Crippen LogP contribution is 2.24. The number of nitro groups is 1. The van der Waals surface area contributed by atoms with Crippen LogP contribution in [0.2, 0.25) is 5.02 Å². The lowest BCUT2D eigenvalue weighted by Gasteiger charge is -2.31. The molecular formula is C20H20ClN3O4. The predicted molar refractivity (Wildman–Crippen MR) is 107 cm³/mol. The topological polar surface area (TPSA) is 92.6 Å². The van der Waals surface area contributed by atoms with E-state index in [1.807, 2.05) is 19.1 Å². The molecule has 28 heavy (non-hydrogen) atoms. The molecule has 1 N–H and O–H groups in total. The first-order valence-electron chi connectivity index (χ1n) is 8.96. The summed E-state index contributed by atoms with van der Waals surface area (Å²) in [5.41, 5.74) is 1.95. The minimum absolute atomic E-state index is 0.0526. The van der Waals surface area contributed by atoms with Gasteiger partial charge in [-0.05, 0) is 49.6 Å². The number of piperidine rings is 1. The SMILES string of the molecule is Cc1ccc(NC(=O)C2CCN(C(=O)c3ccc([N+](=O)[O-])cc3)CC2)cc1Cl. The van der Waals surface area contributed by atoms with Crippen molar-refractivity contribution in [2.24, 2.45) is 5.92 Å². The molecule has 0 radical (unpaired) electrons. The molecule has 0 unspecified atom stereocenters. The molecule has 1 aliphatic rings. The zero-order valence-corrected chi connectivity index (χ0v) is 16.1. The maximum atomic E-state index is 12.6. The summed E-state index contributed by atoms with van der Waals surface area (Å²) in [6.45, 7) is 2.82. The third-order valence-corrected chi connectivity index (χ3v) is 5.32. The summed E-state index contributed by atoms with van der Waals surface area (Å²) in [7, 11) is 0. The minimum Gasteiger partial charge on any atom is -0.339 e. The van der Waals surface area contributed by atoms with E-state index in [1.54, 1.807) is 11.0 Å². The Hall–Kier alpha value is -2.93. The lowest BCUT2D eigenvalue weighted by Crippen LogP contribution is -2.41. The molecule has 0 aliphatic carbocycles. The number of nitrogens with one attached hydrogen (secondary N) is 1. The second-order valence-electron chi connectivity index (χ2n) is 6.82. The van der Waals surface area contributed by atoms with Crippen molar-refractivity contribution in [3.63, 3.8) is 0 Å². The lowest BCUT2D eigenvalue weighted by molar-refractivity contribution is -0.384. The minimum atomic E-state index is -0.500. The van der Waals surface area contributed by atoms with Gasteiger partial charge in [0.25, 0.3) is 11.6 Å². The monoisotopic (exact) mass is 401 g/mol. The highest BCUT2D eigenvalue weighted by Gasteiger charge is 2.28. The fourth-order valence-electron chi connectivity index (χ4n) is 3.17. The number of likely N-dealkylation sites (tertiary alicyclic amines) is 1. The third kappa shape index (κ3) is 4.48. The lowest BCUT2D eigenvalue weighted by atomic mass is 9.95. The number of nitrogens with zero attached hydrogens (tertiary/aromatic N) is 2. The van der Waals surface area contributed by atoms with Gasteiger partial charge in [0.2, 0.25) is 5.91 Å². The predicted octanol–water partition coefficient (Wildman–Crippen LogP) is 4.05. The van der Waals surface area contributed by atoms with Crippen molar-refractivity contribution in [2.45, 2.75) is 19.8 Å². The molecule has 2 amide bonds. The van der Waals surface area contributed by atoms with Gasteiger partial charge in [0.1, 0.15) is 0 Å². The molecule has 2 aromatic carbocycles. The summed E-state index contributed by atoms with van der Waals surface area (Å²) in [4.78, 5) is 36.9. The molecule has 0 atom stereocenters. The summed E-state index contributed by atoms with van der Waals surface area (Å²) >= 11 is 6.09. The van der Waals surface area contributed by atoms with Crippen molar-refractivity contribution >= 4 is 34.8 Å². The molecule has 0 saturated carbocycles. The van der Waals surface area contributed by atoms with Crippen LogP contribution in [0.4, 0.5) is 11.4 Å². The van der Waals surface area contributed by atoms with Crippen LogP contribution in [0.15, 0.2) is 42.5 Å². The van der Waals surface area contributed by atoms with Crippen LogP contribution in [-0.4, -0.2) is 34.7 Å². The second kappa shape index (κ2) is 8.39. The molecule has 1 saturated heterocycles. The number of carbonyl (C=O) groups is 2. The van der Waals surface area contributed by atoms with Crippen LogP contribution < -0.4 is 5.32 Å². The number of rotatable bonds is 4. The average molecular weight is 402 g/mol. The van der Waals surface area contributed by atoms with E-state index in [-0.39, 0.29) is 23.4 Å². The Morgan fingerprint density at radius 3 is 2.36 bits per heavy atom. The number of hydrogen-bond acceptors (Lipinski definition) is 4. The first-order valence-corrected chi connectivity index (χ1v) is 9.33. The molecule has 7 nitrogen and oxygen atoms in total. The van der Waals surface area contributed by atoms with Gasteiger partial charge in [0.15, 0.2) is 0 Å². The Balaban J connectivity index is 1.55. The van der Waals surface area contributed by atoms with Crippen molar-refractivity contribution in [1.82, 2.24) is 4.90 Å². The summed E-state index contributed by atoms with van der Waals surface area (Å²) in [5, 5.41) is 14.2. The number of non-ortho nitro benzene ring substituents is 1. The number of benzene rings is 2. The molecule has 2 aromatic rings. The van der Waals surface area contributed by atoms with Crippen LogP contribution in [0.25, 0.3) is 0 Å². The van der Waals surface area contributed by atoms with Gasteiger partial charge >= 0.3 is 0 Å². The Morgan fingerprint density at radius 2 is 1.79 bits per heavy atom. The average Bonchev–Trinajstić information content (AvgIpc) is 2.70. The van der Waals surface area contributed by atoms with Crippen LogP contribution in [0, 0.1) is 23.0 Å². The fourth-order valence-corrected chi connectivity index (χ4v) is 3.35. The van der Waals surface area contributed by atoms with E-state index in [9.17, 15) is 19.7 Å². The number of carbonyl (C=O) groups excluding carboxylic acids is 2. The highest BCUT2D eigenvalue weighted by molar-refractivity contribution is 6.31. The summed E-state index contributed by atoms with van der Waals surface area (Å²) in [6.07, 6.45) is 1.12. The van der Waals surface area contributed by atoms with Crippen molar-refractivity contribution in [2.75, 3.05) is 18.4 Å². The molecule has 3 rings (SSSR count). The largest absolute Gasteiger partial charge is 0.339 e. The quantitative estimate of drug-likeness (QED) is 0.617. The second-order valence-corrected chi connectivity index (χ2v) is 7.23. The van der Waals surface area contributed by atoms with Crippen LogP contribution in [0.3, 0.4) is 0 Å². The Bertz CT molecular complexity index is 906. The zero-order chi connectivity index (χ0) is 20.3. The first kappa shape index (κ1) is 19.8. The zero-order valence-electron chi connectivity index (χ0n) is 15.4. The summed E-state index contributed by atoms with van der Waals surface area (Å²) < 4.78 is 0. The van der Waals surface area contributed by atoms with Crippen LogP contribution in [-0.2, 0) is 4.79 Å². The number of aryl methyl sites for hydroxylation is 1. The molecule has 0 aromatic heterocycles. The molecular weight excluding hydrogens is 382 g/mol. The number of nitro benzene ring substituents is 1. The van der Waals surface area contributed by atoms with Gasteiger partial charge in [-0.25, -0.2) is 0 Å². The number of amides is 2. The molecule has 1 heterocycles. The summed E-state index contributed by atoms with van der Waals surface area (Å²) in [5.74, 6) is -0.442. The first-order chi connectivity index (χ1) is 13.3. The fraction of sp³-hybridized carbons (Fsp3) is 0.300. The Morgan fingerprint density at radius 1 is 1.14 bits per heavy atom. The van der Waals surface area contributed by atoms with Gasteiger partial charge in [0.05, 0.1) is 4.92 Å². The van der Waals surface area contributed by atoms with E-state index >= 15 is 0 Å². The standard InChI is InChI=1S/C20H20ClN3O4/c1-13-2-5-16(12-18(13)21)22-19(25)14-8-10-23(11-9-14)20(26)15-3-6-17(7-4-15)24(27)28/h2-7,12,14H,8-11H2,1H3,(H,22,25). The van der Waals surface area contributed by atoms with Crippen molar-refractivity contribution in [1.29, 1.82) is 0 Å². The van der Waals surface area contributed by atoms with Gasteiger partial charge in [-0.1, -0.05) is 17.7 Å². The normalized spacial score (nSPS) is 14.6. The van der Waals surface area contributed by atoms with Gasteiger partial charge < -0.3 is 10.2 Å². The van der Waals surface area contributed by atoms with E-state index in [4.69, 9.17) is 11.6 Å². The van der Waals surface area contributed by atoms with Gasteiger partial charge in [-0.15, -0.1) is 0 Å². The maximum Gasteiger partial charge on any atom is 0.269 e. The van der Waals surface area contributed by atoms with E-state index in [2.05, 4.69) is 5.32 Å². The van der Waals surface area contributed by atoms with Gasteiger partial charge in [-0.3, -0.25) is 19.7 Å².